The van der Waals surface area contributed by atoms with Crippen molar-refractivity contribution < 1.29 is 9.53 Å². The zero-order valence-corrected chi connectivity index (χ0v) is 10.9. The van der Waals surface area contributed by atoms with Gasteiger partial charge in [-0.2, -0.15) is 0 Å². The molecule has 0 heterocycles. The van der Waals surface area contributed by atoms with Crippen LogP contribution < -0.4 is 10.5 Å². The number of Topliss-reactive ketones (excluding diaryl/α,β-unsaturated/α-hetero) is 1. The predicted molar refractivity (Wildman–Crippen MR) is 72.9 cm³/mol. The van der Waals surface area contributed by atoms with Gasteiger partial charge in [0.05, 0.1) is 7.11 Å². The summed E-state index contributed by atoms with van der Waals surface area (Å²) in [6.45, 7) is 0. The van der Waals surface area contributed by atoms with Gasteiger partial charge in [-0.3, -0.25) is 4.79 Å². The Labute approximate surface area is 108 Å². The lowest BCUT2D eigenvalue weighted by Crippen LogP contribution is -2.13. The number of ether oxygens (including phenoxy) is 1. The highest BCUT2D eigenvalue weighted by atomic mass is 16.5. The zero-order chi connectivity index (χ0) is 13.0. The topological polar surface area (TPSA) is 52.3 Å². The summed E-state index contributed by atoms with van der Waals surface area (Å²) in [5.74, 6) is 1.38. The third kappa shape index (κ3) is 3.03. The molecule has 98 valence electrons. The van der Waals surface area contributed by atoms with Crippen molar-refractivity contribution in [3.05, 3.63) is 23.8 Å². The molecule has 2 rings (SSSR count). The average molecular weight is 247 g/mol. The highest BCUT2D eigenvalue weighted by molar-refractivity contribution is 6.01. The van der Waals surface area contributed by atoms with Crippen molar-refractivity contribution in [2.24, 2.45) is 5.92 Å². The van der Waals surface area contributed by atoms with E-state index in [1.54, 1.807) is 25.3 Å². The lowest BCUT2D eigenvalue weighted by molar-refractivity contribution is 0.0951. The van der Waals surface area contributed by atoms with Crippen LogP contribution in [0.3, 0.4) is 0 Å². The van der Waals surface area contributed by atoms with E-state index >= 15 is 0 Å². The predicted octanol–water partition coefficient (Wildman–Crippen LogP) is 3.43. The Morgan fingerprint density at radius 2 is 2.06 bits per heavy atom. The lowest BCUT2D eigenvalue weighted by atomic mass is 9.84. The number of carbonyl (C=O) groups is 1. The number of hydrogen-bond donors (Lipinski definition) is 1. The van der Waals surface area contributed by atoms with Gasteiger partial charge in [0.15, 0.2) is 5.78 Å². The molecule has 0 bridgehead atoms. The first-order valence-electron chi connectivity index (χ1n) is 6.67. The summed E-state index contributed by atoms with van der Waals surface area (Å²) in [5.41, 5.74) is 7.04. The fraction of sp³-hybridized carbons (Fsp3) is 0.533. The minimum Gasteiger partial charge on any atom is -0.497 e. The van der Waals surface area contributed by atoms with Crippen molar-refractivity contribution in [2.75, 3.05) is 12.8 Å². The smallest absolute Gasteiger partial charge is 0.165 e. The van der Waals surface area contributed by atoms with E-state index in [9.17, 15) is 4.79 Å². The van der Waals surface area contributed by atoms with E-state index in [0.717, 1.165) is 0 Å². The summed E-state index contributed by atoms with van der Waals surface area (Å²) < 4.78 is 5.14. The number of ketones is 1. The van der Waals surface area contributed by atoms with E-state index in [1.165, 1.54) is 32.1 Å². The number of methoxy groups -OCH3 is 1. The molecule has 0 aliphatic heterocycles. The number of hydrogen-bond acceptors (Lipinski definition) is 3. The number of benzene rings is 1. The zero-order valence-electron chi connectivity index (χ0n) is 10.9. The molecule has 1 aliphatic rings. The van der Waals surface area contributed by atoms with Crippen molar-refractivity contribution in [3.8, 4) is 5.75 Å². The van der Waals surface area contributed by atoms with Crippen LogP contribution >= 0.6 is 0 Å². The number of nitrogen functional groups attached to an aromatic ring is 1. The van der Waals surface area contributed by atoms with Gasteiger partial charge in [-0.15, -0.1) is 0 Å². The fourth-order valence-corrected chi connectivity index (χ4v) is 2.67. The van der Waals surface area contributed by atoms with Crippen LogP contribution in [0.4, 0.5) is 5.69 Å². The summed E-state index contributed by atoms with van der Waals surface area (Å²) >= 11 is 0. The molecule has 0 atom stereocenters. The summed E-state index contributed by atoms with van der Waals surface area (Å²) in [6.07, 6.45) is 6.80. The Kier molecular flexibility index (Phi) is 4.24. The van der Waals surface area contributed by atoms with Gasteiger partial charge >= 0.3 is 0 Å². The Bertz CT molecular complexity index is 423. The maximum Gasteiger partial charge on any atom is 0.165 e. The highest BCUT2D eigenvalue weighted by Crippen LogP contribution is 2.29. The monoisotopic (exact) mass is 247 g/mol. The van der Waals surface area contributed by atoms with Crippen molar-refractivity contribution >= 4 is 11.5 Å². The van der Waals surface area contributed by atoms with Crippen LogP contribution in [0.2, 0.25) is 0 Å². The Hall–Kier alpha value is -1.51. The van der Waals surface area contributed by atoms with E-state index in [-0.39, 0.29) is 5.78 Å². The molecule has 0 unspecified atom stereocenters. The van der Waals surface area contributed by atoms with Gasteiger partial charge in [0, 0.05) is 17.7 Å². The second-order valence-corrected chi connectivity index (χ2v) is 5.08. The molecule has 0 spiro atoms. The van der Waals surface area contributed by atoms with Gasteiger partial charge in [-0.25, -0.2) is 0 Å². The molecule has 1 fully saturated rings. The molecular formula is C15H21NO2. The standard InChI is InChI=1S/C15H21NO2/c1-18-12-7-8-14(16)13(10-12)15(17)9-11-5-3-2-4-6-11/h7-8,10-11H,2-6,9,16H2,1H3. The summed E-state index contributed by atoms with van der Waals surface area (Å²) in [7, 11) is 1.60. The molecule has 3 heteroatoms. The van der Waals surface area contributed by atoms with Gasteiger partial charge in [0.2, 0.25) is 0 Å². The molecule has 1 saturated carbocycles. The number of rotatable bonds is 4. The molecule has 1 aromatic rings. The molecule has 0 saturated heterocycles. The Balaban J connectivity index is 2.07. The van der Waals surface area contributed by atoms with Crippen LogP contribution in [0.25, 0.3) is 0 Å². The second-order valence-electron chi connectivity index (χ2n) is 5.08. The lowest BCUT2D eigenvalue weighted by Gasteiger charge is -2.21. The third-order valence-corrected chi connectivity index (χ3v) is 3.76. The number of anilines is 1. The van der Waals surface area contributed by atoms with Crippen LogP contribution in [0, 0.1) is 5.92 Å². The third-order valence-electron chi connectivity index (χ3n) is 3.76. The van der Waals surface area contributed by atoms with Gasteiger partial charge in [0.25, 0.3) is 0 Å². The maximum absolute atomic E-state index is 12.3. The van der Waals surface area contributed by atoms with Crippen LogP contribution in [-0.4, -0.2) is 12.9 Å². The van der Waals surface area contributed by atoms with Crippen LogP contribution in [0.1, 0.15) is 48.9 Å². The van der Waals surface area contributed by atoms with Crippen molar-refractivity contribution in [1.82, 2.24) is 0 Å². The van der Waals surface area contributed by atoms with E-state index in [2.05, 4.69) is 0 Å². The van der Waals surface area contributed by atoms with Crippen molar-refractivity contribution in [3.63, 3.8) is 0 Å². The first-order chi connectivity index (χ1) is 8.70. The fourth-order valence-electron chi connectivity index (χ4n) is 2.67. The van der Waals surface area contributed by atoms with Gasteiger partial charge in [-0.05, 0) is 24.1 Å². The average Bonchev–Trinajstić information content (AvgIpc) is 2.40. The molecular weight excluding hydrogens is 226 g/mol. The molecule has 3 nitrogen and oxygen atoms in total. The quantitative estimate of drug-likeness (QED) is 0.655. The Morgan fingerprint density at radius 1 is 1.33 bits per heavy atom. The van der Waals surface area contributed by atoms with Crippen LogP contribution in [0.15, 0.2) is 18.2 Å². The van der Waals surface area contributed by atoms with Gasteiger partial charge < -0.3 is 10.5 Å². The summed E-state index contributed by atoms with van der Waals surface area (Å²) in [5, 5.41) is 0. The van der Waals surface area contributed by atoms with E-state index in [1.807, 2.05) is 0 Å². The van der Waals surface area contributed by atoms with Gasteiger partial charge in [0.1, 0.15) is 5.75 Å². The molecule has 1 aliphatic carbocycles. The van der Waals surface area contributed by atoms with Gasteiger partial charge in [-0.1, -0.05) is 32.1 Å². The Morgan fingerprint density at radius 3 is 2.72 bits per heavy atom. The minimum atomic E-state index is 0.151. The molecule has 1 aromatic carbocycles. The maximum atomic E-state index is 12.3. The van der Waals surface area contributed by atoms with Crippen LogP contribution in [0.5, 0.6) is 5.75 Å². The SMILES string of the molecule is COc1ccc(N)c(C(=O)CC2CCCCC2)c1. The van der Waals surface area contributed by atoms with Crippen molar-refractivity contribution in [1.29, 1.82) is 0 Å². The first-order valence-corrected chi connectivity index (χ1v) is 6.67. The highest BCUT2D eigenvalue weighted by Gasteiger charge is 2.19. The first kappa shape index (κ1) is 12.9. The summed E-state index contributed by atoms with van der Waals surface area (Å²) in [4.78, 5) is 12.3. The number of nitrogens with two attached hydrogens (primary N) is 1. The van der Waals surface area contributed by atoms with E-state index in [0.29, 0.717) is 29.3 Å². The minimum absolute atomic E-state index is 0.151. The molecule has 0 amide bonds. The second kappa shape index (κ2) is 5.89. The molecule has 2 N–H and O–H groups in total. The molecule has 18 heavy (non-hydrogen) atoms. The van der Waals surface area contributed by atoms with Crippen LogP contribution in [-0.2, 0) is 0 Å². The number of carbonyl (C=O) groups excluding carboxylic acids is 1. The molecule has 0 aromatic heterocycles. The summed E-state index contributed by atoms with van der Waals surface area (Å²) in [6, 6.07) is 5.28. The normalized spacial score (nSPS) is 16.5. The molecule has 0 radical (unpaired) electrons. The van der Waals surface area contributed by atoms with E-state index < -0.39 is 0 Å². The van der Waals surface area contributed by atoms with Crippen molar-refractivity contribution in [2.45, 2.75) is 38.5 Å². The van der Waals surface area contributed by atoms with E-state index in [4.69, 9.17) is 10.5 Å². The largest absolute Gasteiger partial charge is 0.497 e.